The van der Waals surface area contributed by atoms with Crippen molar-refractivity contribution in [1.29, 1.82) is 0 Å². The van der Waals surface area contributed by atoms with E-state index < -0.39 is 24.1 Å². The summed E-state index contributed by atoms with van der Waals surface area (Å²) in [7, 11) is 2.46. The van der Waals surface area contributed by atoms with Gasteiger partial charge in [0.15, 0.2) is 12.2 Å². The number of carbonyl (C=O) groups is 2. The van der Waals surface area contributed by atoms with Gasteiger partial charge in [-0.15, -0.1) is 0 Å². The Morgan fingerprint density at radius 1 is 0.692 bits per heavy atom. The Balaban J connectivity index is 2.12. The third kappa shape index (κ3) is 5.68. The van der Waals surface area contributed by atoms with Crippen molar-refractivity contribution in [2.45, 2.75) is 25.4 Å². The molecule has 0 aliphatic rings. The molecule has 0 heterocycles. The van der Waals surface area contributed by atoms with E-state index in [1.165, 1.54) is 14.2 Å². The molecule has 0 bridgehead atoms. The van der Waals surface area contributed by atoms with Crippen molar-refractivity contribution in [3.8, 4) is 0 Å². The molecule has 0 fully saturated rings. The Hall–Kier alpha value is -2.70. The second kappa shape index (κ2) is 10.3. The molecule has 0 aliphatic heterocycles. The lowest BCUT2D eigenvalue weighted by molar-refractivity contribution is -0.182. The lowest BCUT2D eigenvalue weighted by Crippen LogP contribution is -2.44. The van der Waals surface area contributed by atoms with Crippen LogP contribution in [0.4, 0.5) is 0 Å². The molecule has 138 valence electrons. The number of methoxy groups -OCH3 is 2. The molecule has 2 aromatic carbocycles. The number of hydrogen-bond acceptors (Lipinski definition) is 6. The van der Waals surface area contributed by atoms with Crippen LogP contribution < -0.4 is 0 Å². The largest absolute Gasteiger partial charge is 0.467 e. The molecule has 6 nitrogen and oxygen atoms in total. The molecule has 2 rings (SSSR count). The first-order valence-corrected chi connectivity index (χ1v) is 8.12. The van der Waals surface area contributed by atoms with Crippen molar-refractivity contribution in [1.82, 2.24) is 0 Å². The lowest BCUT2D eigenvalue weighted by atomic mass is 10.1. The van der Waals surface area contributed by atoms with Crippen molar-refractivity contribution in [2.24, 2.45) is 0 Å². The number of carbonyl (C=O) groups excluding carboxylic acids is 2. The maximum absolute atomic E-state index is 12.2. The summed E-state index contributed by atoms with van der Waals surface area (Å²) in [5.74, 6) is -1.41. The molecule has 0 spiro atoms. The lowest BCUT2D eigenvalue weighted by Gasteiger charge is -2.23. The van der Waals surface area contributed by atoms with Crippen molar-refractivity contribution in [3.63, 3.8) is 0 Å². The van der Waals surface area contributed by atoms with Gasteiger partial charge in [0.05, 0.1) is 27.4 Å². The third-order valence-electron chi connectivity index (χ3n) is 3.69. The number of ether oxygens (including phenoxy) is 4. The monoisotopic (exact) mass is 358 g/mol. The minimum absolute atomic E-state index is 0.128. The smallest absolute Gasteiger partial charge is 0.338 e. The first-order valence-electron chi connectivity index (χ1n) is 8.12. The second-order valence-electron chi connectivity index (χ2n) is 5.48. The summed E-state index contributed by atoms with van der Waals surface area (Å²) in [6, 6.07) is 18.6. The van der Waals surface area contributed by atoms with Gasteiger partial charge in [-0.05, 0) is 11.1 Å². The molecule has 0 N–H and O–H groups in total. The van der Waals surface area contributed by atoms with Gasteiger partial charge in [0.1, 0.15) is 0 Å². The zero-order chi connectivity index (χ0) is 18.8. The van der Waals surface area contributed by atoms with Gasteiger partial charge in [0, 0.05) is 0 Å². The summed E-state index contributed by atoms with van der Waals surface area (Å²) >= 11 is 0. The molecule has 0 saturated carbocycles. The zero-order valence-electron chi connectivity index (χ0n) is 14.8. The summed E-state index contributed by atoms with van der Waals surface area (Å²) in [6.07, 6.45) is -2.48. The van der Waals surface area contributed by atoms with Crippen LogP contribution in [-0.4, -0.2) is 38.4 Å². The van der Waals surface area contributed by atoms with E-state index in [9.17, 15) is 9.59 Å². The summed E-state index contributed by atoms with van der Waals surface area (Å²) in [4.78, 5) is 24.3. The van der Waals surface area contributed by atoms with Crippen LogP contribution in [0.2, 0.25) is 0 Å². The molecular formula is C20H22O6. The van der Waals surface area contributed by atoms with E-state index in [1.807, 2.05) is 60.7 Å². The highest BCUT2D eigenvalue weighted by Gasteiger charge is 2.37. The Morgan fingerprint density at radius 2 is 1.04 bits per heavy atom. The van der Waals surface area contributed by atoms with Crippen LogP contribution in [0.15, 0.2) is 60.7 Å². The fraction of sp³-hybridized carbons (Fsp3) is 0.300. The minimum Gasteiger partial charge on any atom is -0.467 e. The molecule has 6 heteroatoms. The van der Waals surface area contributed by atoms with Crippen LogP contribution in [0.25, 0.3) is 0 Å². The molecule has 0 saturated heterocycles. The SMILES string of the molecule is COC(=O)[C@@H](OCc1ccccc1)[C@H](OCc1ccccc1)C(=O)OC. The molecule has 26 heavy (non-hydrogen) atoms. The summed E-state index contributed by atoms with van der Waals surface area (Å²) in [5.41, 5.74) is 1.71. The van der Waals surface area contributed by atoms with E-state index >= 15 is 0 Å². The average molecular weight is 358 g/mol. The zero-order valence-corrected chi connectivity index (χ0v) is 14.8. The maximum Gasteiger partial charge on any atom is 0.338 e. The Kier molecular flexibility index (Phi) is 7.79. The van der Waals surface area contributed by atoms with Crippen molar-refractivity contribution in [3.05, 3.63) is 71.8 Å². The first-order chi connectivity index (χ1) is 12.7. The van der Waals surface area contributed by atoms with Crippen LogP contribution in [0.5, 0.6) is 0 Å². The Bertz CT molecular complexity index is 624. The normalized spacial score (nSPS) is 12.8. The first kappa shape index (κ1) is 19.6. The van der Waals surface area contributed by atoms with E-state index in [-0.39, 0.29) is 13.2 Å². The average Bonchev–Trinajstić information content (AvgIpc) is 2.70. The van der Waals surface area contributed by atoms with Crippen molar-refractivity contribution >= 4 is 11.9 Å². The fourth-order valence-corrected chi connectivity index (χ4v) is 2.31. The van der Waals surface area contributed by atoms with Crippen molar-refractivity contribution in [2.75, 3.05) is 14.2 Å². The van der Waals surface area contributed by atoms with E-state index in [4.69, 9.17) is 18.9 Å². The predicted octanol–water partition coefficient (Wildman–Crippen LogP) is 2.50. The predicted molar refractivity (Wildman–Crippen MR) is 94.1 cm³/mol. The maximum atomic E-state index is 12.2. The molecule has 0 amide bonds. The quantitative estimate of drug-likeness (QED) is 0.642. The van der Waals surface area contributed by atoms with Crippen LogP contribution in [0.1, 0.15) is 11.1 Å². The van der Waals surface area contributed by atoms with Gasteiger partial charge in [-0.2, -0.15) is 0 Å². The third-order valence-corrected chi connectivity index (χ3v) is 3.69. The van der Waals surface area contributed by atoms with Crippen molar-refractivity contribution < 1.29 is 28.5 Å². The van der Waals surface area contributed by atoms with Gasteiger partial charge >= 0.3 is 11.9 Å². The number of hydrogen-bond donors (Lipinski definition) is 0. The molecular weight excluding hydrogens is 336 g/mol. The van der Waals surface area contributed by atoms with E-state index in [0.717, 1.165) is 11.1 Å². The molecule has 0 unspecified atom stereocenters. The van der Waals surface area contributed by atoms with Crippen LogP contribution in [0, 0.1) is 0 Å². The van der Waals surface area contributed by atoms with E-state index in [1.54, 1.807) is 0 Å². The summed E-state index contributed by atoms with van der Waals surface area (Å²) in [6.45, 7) is 0.256. The second-order valence-corrected chi connectivity index (χ2v) is 5.48. The highest BCUT2D eigenvalue weighted by atomic mass is 16.6. The van der Waals surface area contributed by atoms with Crippen LogP contribution in [-0.2, 0) is 41.8 Å². The van der Waals surface area contributed by atoms with E-state index in [2.05, 4.69) is 0 Å². The fourth-order valence-electron chi connectivity index (χ4n) is 2.31. The standard InChI is InChI=1S/C20H22O6/c1-23-19(21)17(25-13-15-9-5-3-6-10-15)18(20(22)24-2)26-14-16-11-7-4-8-12-16/h3-12,17-18H,13-14H2,1-2H3/t17-,18-/m0/s1. The molecule has 2 aromatic rings. The van der Waals surface area contributed by atoms with E-state index in [0.29, 0.717) is 0 Å². The van der Waals surface area contributed by atoms with Gasteiger partial charge in [0.25, 0.3) is 0 Å². The molecule has 2 atom stereocenters. The molecule has 0 aromatic heterocycles. The number of benzene rings is 2. The van der Waals surface area contributed by atoms with Gasteiger partial charge in [-0.3, -0.25) is 0 Å². The van der Waals surface area contributed by atoms with Crippen LogP contribution in [0.3, 0.4) is 0 Å². The summed E-state index contributed by atoms with van der Waals surface area (Å²) < 4.78 is 20.9. The highest BCUT2D eigenvalue weighted by molar-refractivity contribution is 5.85. The minimum atomic E-state index is -1.24. The Morgan fingerprint density at radius 3 is 1.35 bits per heavy atom. The van der Waals surface area contributed by atoms with Gasteiger partial charge < -0.3 is 18.9 Å². The van der Waals surface area contributed by atoms with Gasteiger partial charge in [-0.25, -0.2) is 9.59 Å². The Labute approximate surface area is 152 Å². The number of esters is 2. The number of rotatable bonds is 9. The van der Waals surface area contributed by atoms with Crippen LogP contribution >= 0.6 is 0 Å². The highest BCUT2D eigenvalue weighted by Crippen LogP contribution is 2.14. The van der Waals surface area contributed by atoms with Gasteiger partial charge in [-0.1, -0.05) is 60.7 Å². The topological polar surface area (TPSA) is 71.1 Å². The molecule has 0 aliphatic carbocycles. The summed E-state index contributed by atoms with van der Waals surface area (Å²) in [5, 5.41) is 0. The van der Waals surface area contributed by atoms with Gasteiger partial charge in [0.2, 0.25) is 0 Å². The molecule has 0 radical (unpaired) electrons.